The largest absolute Gasteiger partial charge is 0.461 e. The first-order chi connectivity index (χ1) is 11.1. The third-order valence-corrected chi connectivity index (χ3v) is 4.60. The molecule has 124 valence electrons. The highest BCUT2D eigenvalue weighted by Gasteiger charge is 2.27. The number of urea groups is 1. The predicted octanol–water partition coefficient (Wildman–Crippen LogP) is 2.78. The van der Waals surface area contributed by atoms with Crippen LogP contribution >= 0.6 is 0 Å². The molecular formula is C18H24N2O3. The fourth-order valence-electron chi connectivity index (χ4n) is 3.25. The average Bonchev–Trinajstić information content (AvgIpc) is 3.13. The fraction of sp³-hybridized carbons (Fsp3) is 0.500. The highest BCUT2D eigenvalue weighted by Crippen LogP contribution is 2.26. The lowest BCUT2D eigenvalue weighted by Gasteiger charge is -2.23. The quantitative estimate of drug-likeness (QED) is 0.891. The van der Waals surface area contributed by atoms with Gasteiger partial charge >= 0.3 is 6.03 Å². The van der Waals surface area contributed by atoms with E-state index in [4.69, 9.17) is 4.42 Å². The Bertz CT molecular complexity index is 634. The first kappa shape index (κ1) is 15.9. The van der Waals surface area contributed by atoms with Gasteiger partial charge in [-0.3, -0.25) is 0 Å². The summed E-state index contributed by atoms with van der Waals surface area (Å²) >= 11 is 0. The van der Waals surface area contributed by atoms with Crippen molar-refractivity contribution in [2.24, 2.45) is 5.92 Å². The Morgan fingerprint density at radius 3 is 2.96 bits per heavy atom. The molecule has 0 aliphatic heterocycles. The molecule has 1 heterocycles. The minimum absolute atomic E-state index is 0.0970. The van der Waals surface area contributed by atoms with E-state index in [2.05, 4.69) is 5.32 Å². The van der Waals surface area contributed by atoms with Crippen LogP contribution in [0.4, 0.5) is 4.79 Å². The lowest BCUT2D eigenvalue weighted by molar-refractivity contribution is 0.114. The van der Waals surface area contributed by atoms with Gasteiger partial charge in [-0.1, -0.05) is 24.6 Å². The van der Waals surface area contributed by atoms with E-state index in [1.165, 1.54) is 0 Å². The summed E-state index contributed by atoms with van der Waals surface area (Å²) in [6, 6.07) is 9.81. The second-order valence-electron chi connectivity index (χ2n) is 6.37. The summed E-state index contributed by atoms with van der Waals surface area (Å²) in [6.45, 7) is 1.15. The van der Waals surface area contributed by atoms with Gasteiger partial charge in [0, 0.05) is 37.9 Å². The lowest BCUT2D eigenvalue weighted by Crippen LogP contribution is -2.41. The standard InChI is InChI=1S/C18H24N2O3/c1-20(12-14-6-4-7-16(14)21)18(22)19-10-9-15-11-13-5-2-3-8-17(13)23-15/h2-3,5,8,11,14,16,21H,4,6-7,9-10,12H2,1H3,(H,19,22). The number of amides is 2. The number of carbonyl (C=O) groups excluding carboxylic acids is 1. The van der Waals surface area contributed by atoms with E-state index in [0.717, 1.165) is 36.0 Å². The zero-order valence-electron chi connectivity index (χ0n) is 13.5. The van der Waals surface area contributed by atoms with E-state index in [-0.39, 0.29) is 18.1 Å². The van der Waals surface area contributed by atoms with Gasteiger partial charge in [-0.25, -0.2) is 4.79 Å². The van der Waals surface area contributed by atoms with Crippen LogP contribution < -0.4 is 5.32 Å². The predicted molar refractivity (Wildman–Crippen MR) is 89.3 cm³/mol. The molecule has 0 spiro atoms. The highest BCUT2D eigenvalue weighted by atomic mass is 16.3. The van der Waals surface area contributed by atoms with Crippen molar-refractivity contribution in [3.63, 3.8) is 0 Å². The Labute approximate surface area is 136 Å². The number of fused-ring (bicyclic) bond motifs is 1. The number of aliphatic hydroxyl groups excluding tert-OH is 1. The minimum Gasteiger partial charge on any atom is -0.461 e. The molecule has 5 nitrogen and oxygen atoms in total. The van der Waals surface area contributed by atoms with E-state index in [9.17, 15) is 9.90 Å². The molecule has 1 aliphatic rings. The Kier molecular flexibility index (Phi) is 4.86. The van der Waals surface area contributed by atoms with Gasteiger partial charge in [0.05, 0.1) is 6.10 Å². The van der Waals surface area contributed by atoms with Crippen LogP contribution in [0, 0.1) is 5.92 Å². The van der Waals surface area contributed by atoms with Crippen LogP contribution in [0.5, 0.6) is 0 Å². The lowest BCUT2D eigenvalue weighted by atomic mass is 10.1. The van der Waals surface area contributed by atoms with Crippen LogP contribution in [0.15, 0.2) is 34.7 Å². The molecule has 2 unspecified atom stereocenters. The molecule has 1 aromatic carbocycles. The van der Waals surface area contributed by atoms with Gasteiger partial charge in [0.1, 0.15) is 11.3 Å². The summed E-state index contributed by atoms with van der Waals surface area (Å²) in [4.78, 5) is 13.8. The summed E-state index contributed by atoms with van der Waals surface area (Å²) in [5, 5.41) is 13.8. The molecular weight excluding hydrogens is 292 g/mol. The normalized spacial score (nSPS) is 20.8. The van der Waals surface area contributed by atoms with Crippen molar-refractivity contribution in [2.45, 2.75) is 31.8 Å². The van der Waals surface area contributed by atoms with Gasteiger partial charge < -0.3 is 19.7 Å². The van der Waals surface area contributed by atoms with Gasteiger partial charge in [-0.2, -0.15) is 0 Å². The smallest absolute Gasteiger partial charge is 0.317 e. The Morgan fingerprint density at radius 1 is 1.39 bits per heavy atom. The van der Waals surface area contributed by atoms with Crippen LogP contribution in [-0.2, 0) is 6.42 Å². The van der Waals surface area contributed by atoms with Crippen LogP contribution in [0.2, 0.25) is 0 Å². The number of nitrogens with zero attached hydrogens (tertiary/aromatic N) is 1. The van der Waals surface area contributed by atoms with E-state index < -0.39 is 0 Å². The van der Waals surface area contributed by atoms with Crippen molar-refractivity contribution in [3.8, 4) is 0 Å². The van der Waals surface area contributed by atoms with E-state index in [1.807, 2.05) is 30.3 Å². The van der Waals surface area contributed by atoms with Crippen molar-refractivity contribution in [1.29, 1.82) is 0 Å². The first-order valence-corrected chi connectivity index (χ1v) is 8.28. The second kappa shape index (κ2) is 7.04. The van der Waals surface area contributed by atoms with E-state index in [0.29, 0.717) is 19.5 Å². The van der Waals surface area contributed by atoms with Crippen LogP contribution in [-0.4, -0.2) is 42.3 Å². The molecule has 0 radical (unpaired) electrons. The number of benzene rings is 1. The number of carbonyl (C=O) groups is 1. The van der Waals surface area contributed by atoms with Crippen molar-refractivity contribution < 1.29 is 14.3 Å². The molecule has 2 atom stereocenters. The van der Waals surface area contributed by atoms with Crippen LogP contribution in [0.1, 0.15) is 25.0 Å². The molecule has 5 heteroatoms. The van der Waals surface area contributed by atoms with E-state index >= 15 is 0 Å². The van der Waals surface area contributed by atoms with Gasteiger partial charge in [0.2, 0.25) is 0 Å². The summed E-state index contributed by atoms with van der Waals surface area (Å²) in [5.41, 5.74) is 0.876. The fourth-order valence-corrected chi connectivity index (χ4v) is 3.25. The topological polar surface area (TPSA) is 65.7 Å². The summed E-state index contributed by atoms with van der Waals surface area (Å²) in [7, 11) is 1.78. The Hall–Kier alpha value is -2.01. The average molecular weight is 316 g/mol. The number of furan rings is 1. The van der Waals surface area contributed by atoms with Gasteiger partial charge in [0.25, 0.3) is 0 Å². The first-order valence-electron chi connectivity index (χ1n) is 8.28. The zero-order valence-corrected chi connectivity index (χ0v) is 13.5. The maximum absolute atomic E-state index is 12.1. The van der Waals surface area contributed by atoms with Crippen molar-refractivity contribution in [3.05, 3.63) is 36.1 Å². The molecule has 2 amide bonds. The second-order valence-corrected chi connectivity index (χ2v) is 6.37. The molecule has 3 rings (SSSR count). The molecule has 0 bridgehead atoms. The van der Waals surface area contributed by atoms with Gasteiger partial charge in [-0.15, -0.1) is 0 Å². The number of hydrogen-bond donors (Lipinski definition) is 2. The minimum atomic E-state index is -0.263. The van der Waals surface area contributed by atoms with Gasteiger partial charge in [0.15, 0.2) is 0 Å². The van der Waals surface area contributed by atoms with Crippen LogP contribution in [0.3, 0.4) is 0 Å². The molecule has 2 N–H and O–H groups in total. The molecule has 23 heavy (non-hydrogen) atoms. The number of rotatable bonds is 5. The number of hydrogen-bond acceptors (Lipinski definition) is 3. The number of nitrogens with one attached hydrogen (secondary N) is 1. The molecule has 0 saturated heterocycles. The maximum atomic E-state index is 12.1. The van der Waals surface area contributed by atoms with Crippen molar-refractivity contribution >= 4 is 17.0 Å². The van der Waals surface area contributed by atoms with Crippen molar-refractivity contribution in [2.75, 3.05) is 20.1 Å². The Morgan fingerprint density at radius 2 is 2.22 bits per heavy atom. The molecule has 1 aliphatic carbocycles. The summed E-state index contributed by atoms with van der Waals surface area (Å²) in [5.74, 6) is 1.08. The third-order valence-electron chi connectivity index (χ3n) is 4.60. The van der Waals surface area contributed by atoms with E-state index in [1.54, 1.807) is 11.9 Å². The molecule has 1 saturated carbocycles. The number of aliphatic hydroxyl groups is 1. The molecule has 2 aromatic rings. The maximum Gasteiger partial charge on any atom is 0.317 e. The SMILES string of the molecule is CN(CC1CCCC1O)C(=O)NCCc1cc2ccccc2o1. The Balaban J connectivity index is 1.45. The number of para-hydroxylation sites is 1. The van der Waals surface area contributed by atoms with Crippen molar-refractivity contribution in [1.82, 2.24) is 10.2 Å². The monoisotopic (exact) mass is 316 g/mol. The third kappa shape index (κ3) is 3.85. The molecule has 1 fully saturated rings. The molecule has 1 aromatic heterocycles. The highest BCUT2D eigenvalue weighted by molar-refractivity contribution is 5.77. The van der Waals surface area contributed by atoms with Gasteiger partial charge in [-0.05, 0) is 25.0 Å². The zero-order chi connectivity index (χ0) is 16.2. The van der Waals surface area contributed by atoms with Crippen LogP contribution in [0.25, 0.3) is 11.0 Å². The summed E-state index contributed by atoms with van der Waals surface area (Å²) in [6.07, 6.45) is 3.30. The summed E-state index contributed by atoms with van der Waals surface area (Å²) < 4.78 is 5.73.